The largest absolute Gasteiger partial charge is 0.383 e. The SMILES string of the molecule is COCCn1c(-c2cccc3ccccc23)n[nH]c1=S. The van der Waals surface area contributed by atoms with Crippen LogP contribution in [0.2, 0.25) is 0 Å². The standard InChI is InChI=1S/C15H15N3OS/c1-19-10-9-18-14(16-17-15(18)20)13-8-4-6-11-5-2-3-7-12(11)13/h2-8H,9-10H2,1H3,(H,17,20). The summed E-state index contributed by atoms with van der Waals surface area (Å²) in [5, 5.41) is 9.61. The Morgan fingerprint density at radius 1 is 1.20 bits per heavy atom. The van der Waals surface area contributed by atoms with Crippen LogP contribution in [0.5, 0.6) is 0 Å². The van der Waals surface area contributed by atoms with Crippen molar-refractivity contribution in [3.8, 4) is 11.4 Å². The molecule has 1 aromatic heterocycles. The maximum absolute atomic E-state index is 5.30. The Bertz CT molecular complexity index is 786. The van der Waals surface area contributed by atoms with E-state index in [1.54, 1.807) is 7.11 Å². The molecule has 0 aliphatic carbocycles. The second kappa shape index (κ2) is 5.56. The van der Waals surface area contributed by atoms with Gasteiger partial charge >= 0.3 is 0 Å². The first-order chi connectivity index (χ1) is 9.81. The van der Waals surface area contributed by atoms with E-state index in [2.05, 4.69) is 34.5 Å². The molecule has 0 amide bonds. The number of hydrogen-bond donors (Lipinski definition) is 1. The monoisotopic (exact) mass is 285 g/mol. The van der Waals surface area contributed by atoms with Gasteiger partial charge in [0, 0.05) is 12.7 Å². The van der Waals surface area contributed by atoms with Gasteiger partial charge in [-0.25, -0.2) is 0 Å². The normalized spacial score (nSPS) is 11.1. The van der Waals surface area contributed by atoms with Crippen molar-refractivity contribution in [2.24, 2.45) is 0 Å². The Labute approximate surface area is 122 Å². The summed E-state index contributed by atoms with van der Waals surface area (Å²) in [5.74, 6) is 0.851. The number of benzene rings is 2. The number of nitrogens with one attached hydrogen (secondary N) is 1. The first kappa shape index (κ1) is 13.0. The molecule has 1 N–H and O–H groups in total. The van der Waals surface area contributed by atoms with E-state index >= 15 is 0 Å². The molecule has 0 saturated carbocycles. The van der Waals surface area contributed by atoms with E-state index in [0.29, 0.717) is 17.9 Å². The summed E-state index contributed by atoms with van der Waals surface area (Å²) in [6, 6.07) is 14.5. The highest BCUT2D eigenvalue weighted by atomic mass is 32.1. The van der Waals surface area contributed by atoms with Crippen LogP contribution < -0.4 is 0 Å². The third kappa shape index (κ3) is 2.26. The van der Waals surface area contributed by atoms with Gasteiger partial charge in [0.15, 0.2) is 10.6 Å². The van der Waals surface area contributed by atoms with Crippen LogP contribution in [0.1, 0.15) is 0 Å². The van der Waals surface area contributed by atoms with Gasteiger partial charge in [0.1, 0.15) is 0 Å². The van der Waals surface area contributed by atoms with E-state index in [1.807, 2.05) is 22.8 Å². The molecule has 0 saturated heterocycles. The van der Waals surface area contributed by atoms with Crippen molar-refractivity contribution in [1.82, 2.24) is 14.8 Å². The average molecular weight is 285 g/mol. The molecule has 0 fully saturated rings. The predicted molar refractivity (Wildman–Crippen MR) is 82.2 cm³/mol. The van der Waals surface area contributed by atoms with Gasteiger partial charge in [-0.1, -0.05) is 42.5 Å². The topological polar surface area (TPSA) is 42.8 Å². The van der Waals surface area contributed by atoms with Crippen LogP contribution in [-0.2, 0) is 11.3 Å². The molecule has 0 bridgehead atoms. The molecule has 0 aliphatic rings. The molecule has 1 heterocycles. The Hall–Kier alpha value is -1.98. The summed E-state index contributed by atoms with van der Waals surface area (Å²) in [4.78, 5) is 0. The van der Waals surface area contributed by atoms with Crippen LogP contribution in [0.3, 0.4) is 0 Å². The Kier molecular flexibility index (Phi) is 3.62. The molecule has 0 unspecified atom stereocenters. The Morgan fingerprint density at radius 3 is 2.85 bits per heavy atom. The van der Waals surface area contributed by atoms with E-state index in [-0.39, 0.29) is 0 Å². The number of hydrogen-bond acceptors (Lipinski definition) is 3. The molecule has 3 rings (SSSR count). The zero-order chi connectivity index (χ0) is 13.9. The first-order valence-corrected chi connectivity index (χ1v) is 6.84. The van der Waals surface area contributed by atoms with Crippen LogP contribution in [0.4, 0.5) is 0 Å². The second-order valence-corrected chi connectivity index (χ2v) is 4.91. The Morgan fingerprint density at radius 2 is 2.00 bits per heavy atom. The maximum Gasteiger partial charge on any atom is 0.195 e. The van der Waals surface area contributed by atoms with Crippen molar-refractivity contribution < 1.29 is 4.74 Å². The van der Waals surface area contributed by atoms with Crippen molar-refractivity contribution >= 4 is 23.0 Å². The number of rotatable bonds is 4. The number of H-pyrrole nitrogens is 1. The molecule has 0 radical (unpaired) electrons. The van der Waals surface area contributed by atoms with Gasteiger partial charge in [-0.05, 0) is 23.0 Å². The Balaban J connectivity index is 2.19. The molecule has 0 spiro atoms. The van der Waals surface area contributed by atoms with Crippen molar-refractivity contribution in [3.05, 3.63) is 47.2 Å². The van der Waals surface area contributed by atoms with Gasteiger partial charge in [0.25, 0.3) is 0 Å². The van der Waals surface area contributed by atoms with E-state index < -0.39 is 0 Å². The molecule has 0 atom stereocenters. The molecule has 3 aromatic rings. The highest BCUT2D eigenvalue weighted by Gasteiger charge is 2.11. The number of aromatic nitrogens is 3. The van der Waals surface area contributed by atoms with Crippen LogP contribution in [0, 0.1) is 4.77 Å². The van der Waals surface area contributed by atoms with Crippen molar-refractivity contribution in [3.63, 3.8) is 0 Å². The predicted octanol–water partition coefficient (Wildman–Crippen LogP) is 3.41. The summed E-state index contributed by atoms with van der Waals surface area (Å²) in [5.41, 5.74) is 1.08. The van der Waals surface area contributed by atoms with Gasteiger partial charge in [-0.15, -0.1) is 0 Å². The highest BCUT2D eigenvalue weighted by Crippen LogP contribution is 2.27. The van der Waals surface area contributed by atoms with E-state index in [9.17, 15) is 0 Å². The number of methoxy groups -OCH3 is 1. The van der Waals surface area contributed by atoms with E-state index in [1.165, 1.54) is 10.8 Å². The highest BCUT2D eigenvalue weighted by molar-refractivity contribution is 7.71. The van der Waals surface area contributed by atoms with Crippen LogP contribution in [-0.4, -0.2) is 28.5 Å². The third-order valence-electron chi connectivity index (χ3n) is 3.31. The number of aromatic amines is 1. The molecule has 0 aliphatic heterocycles. The lowest BCUT2D eigenvalue weighted by Gasteiger charge is -2.08. The minimum atomic E-state index is 0.603. The van der Waals surface area contributed by atoms with Crippen molar-refractivity contribution in [2.75, 3.05) is 13.7 Å². The smallest absolute Gasteiger partial charge is 0.195 e. The van der Waals surface area contributed by atoms with Gasteiger partial charge in [-0.2, -0.15) is 5.10 Å². The molecule has 4 nitrogen and oxygen atoms in total. The van der Waals surface area contributed by atoms with Crippen LogP contribution >= 0.6 is 12.2 Å². The fraction of sp³-hybridized carbons (Fsp3) is 0.200. The minimum absolute atomic E-state index is 0.603. The second-order valence-electron chi connectivity index (χ2n) is 4.52. The lowest BCUT2D eigenvalue weighted by Crippen LogP contribution is -2.06. The van der Waals surface area contributed by atoms with Gasteiger partial charge in [-0.3, -0.25) is 9.67 Å². The molecule has 102 valence electrons. The van der Waals surface area contributed by atoms with Gasteiger partial charge < -0.3 is 4.74 Å². The van der Waals surface area contributed by atoms with Gasteiger partial charge in [0.05, 0.1) is 13.2 Å². The van der Waals surface area contributed by atoms with Crippen molar-refractivity contribution in [1.29, 1.82) is 0 Å². The molecular weight excluding hydrogens is 270 g/mol. The van der Waals surface area contributed by atoms with Crippen LogP contribution in [0.25, 0.3) is 22.2 Å². The molecule has 5 heteroatoms. The minimum Gasteiger partial charge on any atom is -0.383 e. The van der Waals surface area contributed by atoms with Crippen molar-refractivity contribution in [2.45, 2.75) is 6.54 Å². The summed E-state index contributed by atoms with van der Waals surface area (Å²) in [6.45, 7) is 1.29. The van der Waals surface area contributed by atoms with Crippen LogP contribution in [0.15, 0.2) is 42.5 Å². The molecular formula is C15H15N3OS. The molecule has 20 heavy (non-hydrogen) atoms. The zero-order valence-electron chi connectivity index (χ0n) is 11.2. The number of nitrogens with zero attached hydrogens (tertiary/aromatic N) is 2. The first-order valence-electron chi connectivity index (χ1n) is 6.43. The summed E-state index contributed by atoms with van der Waals surface area (Å²) < 4.78 is 7.73. The average Bonchev–Trinajstić information content (AvgIpc) is 2.85. The lowest BCUT2D eigenvalue weighted by atomic mass is 10.0. The quantitative estimate of drug-likeness (QED) is 0.747. The summed E-state index contributed by atoms with van der Waals surface area (Å²) in [7, 11) is 1.68. The van der Waals surface area contributed by atoms with E-state index in [0.717, 1.165) is 11.4 Å². The van der Waals surface area contributed by atoms with E-state index in [4.69, 9.17) is 17.0 Å². The third-order valence-corrected chi connectivity index (χ3v) is 3.62. The summed E-state index contributed by atoms with van der Waals surface area (Å²) in [6.07, 6.45) is 0. The fourth-order valence-electron chi connectivity index (χ4n) is 2.33. The fourth-order valence-corrected chi connectivity index (χ4v) is 2.56. The summed E-state index contributed by atoms with van der Waals surface area (Å²) >= 11 is 5.30. The number of fused-ring (bicyclic) bond motifs is 1. The van der Waals surface area contributed by atoms with Gasteiger partial charge in [0.2, 0.25) is 0 Å². The maximum atomic E-state index is 5.30. The lowest BCUT2D eigenvalue weighted by molar-refractivity contribution is 0.187. The number of ether oxygens (including phenoxy) is 1. The zero-order valence-corrected chi connectivity index (χ0v) is 12.0. The molecule has 2 aromatic carbocycles.